The topological polar surface area (TPSA) is 139 Å². The summed E-state index contributed by atoms with van der Waals surface area (Å²) >= 11 is 0. The number of fused-ring (bicyclic) bond motifs is 2. The van der Waals surface area contributed by atoms with Gasteiger partial charge in [0.2, 0.25) is 0 Å². The number of aromatic nitrogens is 4. The summed E-state index contributed by atoms with van der Waals surface area (Å²) in [4.78, 5) is 25.6. The van der Waals surface area contributed by atoms with Gasteiger partial charge >= 0.3 is 0 Å². The molecule has 9 heteroatoms. The van der Waals surface area contributed by atoms with Crippen LogP contribution in [-0.2, 0) is 18.3 Å². The second-order valence-corrected chi connectivity index (χ2v) is 10.3. The Morgan fingerprint density at radius 1 is 0.917 bits per heavy atom. The molecule has 0 saturated heterocycles. The van der Waals surface area contributed by atoms with E-state index < -0.39 is 5.41 Å². The van der Waals surface area contributed by atoms with Gasteiger partial charge in [-0.3, -0.25) is 9.59 Å². The quantitative estimate of drug-likeness (QED) is 0.402. The number of hydrogen-bond acceptors (Lipinski definition) is 6. The normalized spacial score (nSPS) is 15.1. The average molecular weight is 490 g/mol. The molecule has 0 fully saturated rings. The number of carbonyl (C=O) groups is 2. The Morgan fingerprint density at radius 2 is 1.42 bits per heavy atom. The van der Waals surface area contributed by atoms with Gasteiger partial charge in [0.1, 0.15) is 0 Å². The molecule has 0 spiro atoms. The molecule has 1 aromatic heterocycles. The van der Waals surface area contributed by atoms with E-state index in [4.69, 9.17) is 5.73 Å². The van der Waals surface area contributed by atoms with Crippen molar-refractivity contribution in [3.63, 3.8) is 0 Å². The number of benzene rings is 2. The second-order valence-electron chi connectivity index (χ2n) is 10.3. The van der Waals surface area contributed by atoms with Gasteiger partial charge in [-0.25, -0.2) is 0 Å². The summed E-state index contributed by atoms with van der Waals surface area (Å²) < 4.78 is 0. The number of amides is 2. The largest absolute Gasteiger partial charge is 0.350 e. The molecule has 5 N–H and O–H groups in total. The van der Waals surface area contributed by atoms with Crippen LogP contribution in [0.1, 0.15) is 89.8 Å². The van der Waals surface area contributed by atoms with Crippen LogP contribution in [0, 0.1) is 0 Å². The van der Waals surface area contributed by atoms with Crippen molar-refractivity contribution in [1.82, 2.24) is 31.3 Å². The summed E-state index contributed by atoms with van der Waals surface area (Å²) in [6.07, 6.45) is 1.92. The molecule has 2 amide bonds. The molecular formula is C27H35N7O2. The van der Waals surface area contributed by atoms with Crippen molar-refractivity contribution in [3.05, 3.63) is 75.6 Å². The fraction of sp³-hybridized carbons (Fsp3) is 0.444. The number of nitrogens with two attached hydrogens (primary N) is 1. The van der Waals surface area contributed by atoms with E-state index in [1.54, 1.807) is 0 Å². The third-order valence-corrected chi connectivity index (χ3v) is 6.51. The number of hydrogen-bond donors (Lipinski definition) is 4. The van der Waals surface area contributed by atoms with Crippen molar-refractivity contribution in [1.29, 1.82) is 0 Å². The van der Waals surface area contributed by atoms with E-state index in [9.17, 15) is 9.59 Å². The van der Waals surface area contributed by atoms with Gasteiger partial charge in [0, 0.05) is 29.3 Å². The van der Waals surface area contributed by atoms with Crippen molar-refractivity contribution in [2.24, 2.45) is 5.73 Å². The first-order chi connectivity index (χ1) is 17.1. The Morgan fingerprint density at radius 3 is 1.81 bits per heavy atom. The Bertz CT molecular complexity index is 1180. The molecule has 0 radical (unpaired) electrons. The highest BCUT2D eigenvalue weighted by Gasteiger charge is 2.45. The Kier molecular flexibility index (Phi) is 7.21. The molecular weight excluding hydrogens is 454 g/mol. The van der Waals surface area contributed by atoms with E-state index in [1.165, 1.54) is 0 Å². The van der Waals surface area contributed by atoms with Crippen LogP contribution < -0.4 is 16.4 Å². The highest BCUT2D eigenvalue weighted by atomic mass is 16.2. The first kappa shape index (κ1) is 25.5. The van der Waals surface area contributed by atoms with Crippen LogP contribution in [0.3, 0.4) is 0 Å². The first-order valence-corrected chi connectivity index (χ1v) is 12.5. The van der Waals surface area contributed by atoms with Crippen molar-refractivity contribution in [2.45, 2.75) is 77.4 Å². The Balaban J connectivity index is 1.93. The van der Waals surface area contributed by atoms with Crippen molar-refractivity contribution >= 4 is 11.8 Å². The summed E-state index contributed by atoms with van der Waals surface area (Å²) in [5.41, 5.74) is 10.9. The monoisotopic (exact) mass is 489 g/mol. The minimum absolute atomic E-state index is 0.0347. The number of rotatable bonds is 7. The predicted molar refractivity (Wildman–Crippen MR) is 138 cm³/mol. The molecule has 36 heavy (non-hydrogen) atoms. The van der Waals surface area contributed by atoms with E-state index in [0.717, 1.165) is 22.3 Å². The number of aromatic amines is 1. The van der Waals surface area contributed by atoms with Gasteiger partial charge in [-0.2, -0.15) is 5.21 Å². The highest BCUT2D eigenvalue weighted by molar-refractivity contribution is 5.95. The van der Waals surface area contributed by atoms with Gasteiger partial charge in [-0.1, -0.05) is 17.3 Å². The molecule has 9 nitrogen and oxygen atoms in total. The molecule has 0 saturated carbocycles. The molecule has 4 rings (SSSR count). The first-order valence-electron chi connectivity index (χ1n) is 12.5. The fourth-order valence-electron chi connectivity index (χ4n) is 5.20. The van der Waals surface area contributed by atoms with Crippen molar-refractivity contribution < 1.29 is 9.59 Å². The standard InChI is InChI=1S/C27H35N7O2/c1-15(2)29-24(35)20-8-10-22-18(12-20)6-7-19-13-21(25(36)30-16(3)4)9-11-23(19)27(22,14-17(5)28)26-31-33-34-32-26/h8-13,15-17H,6-7,14,28H2,1-5H3,(H,29,35)(H,30,36)(H,31,32,33,34)/t17-/m0/s1. The van der Waals surface area contributed by atoms with E-state index in [-0.39, 0.29) is 29.9 Å². The summed E-state index contributed by atoms with van der Waals surface area (Å²) in [6.45, 7) is 9.72. The smallest absolute Gasteiger partial charge is 0.251 e. The van der Waals surface area contributed by atoms with Crippen LogP contribution in [0.25, 0.3) is 0 Å². The average Bonchev–Trinajstić information content (AvgIpc) is 3.31. The number of nitrogens with zero attached hydrogens (tertiary/aromatic N) is 3. The van der Waals surface area contributed by atoms with E-state index in [2.05, 4.69) is 31.3 Å². The van der Waals surface area contributed by atoms with Crippen LogP contribution in [0.15, 0.2) is 36.4 Å². The van der Waals surface area contributed by atoms with Gasteiger partial charge in [0.25, 0.3) is 11.8 Å². The SMILES string of the molecule is CC(C)NC(=O)c1ccc2c(c1)CCc1cc(C(=O)NC(C)C)ccc1C2(C[C@H](C)N)c1nn[nH]n1. The van der Waals surface area contributed by atoms with Gasteiger partial charge < -0.3 is 16.4 Å². The zero-order valence-electron chi connectivity index (χ0n) is 21.6. The summed E-state index contributed by atoms with van der Waals surface area (Å²) in [6, 6.07) is 11.5. The lowest BCUT2D eigenvalue weighted by Crippen LogP contribution is -2.38. The number of nitrogens with one attached hydrogen (secondary N) is 3. The summed E-state index contributed by atoms with van der Waals surface area (Å²) in [7, 11) is 0. The van der Waals surface area contributed by atoms with Crippen LogP contribution in [0.2, 0.25) is 0 Å². The maximum Gasteiger partial charge on any atom is 0.251 e. The Labute approximate surface area is 211 Å². The lowest BCUT2D eigenvalue weighted by atomic mass is 9.68. The molecule has 1 heterocycles. The van der Waals surface area contributed by atoms with Crippen molar-refractivity contribution in [3.8, 4) is 0 Å². The number of carbonyl (C=O) groups excluding carboxylic acids is 2. The zero-order valence-corrected chi connectivity index (χ0v) is 21.6. The molecule has 0 unspecified atom stereocenters. The lowest BCUT2D eigenvalue weighted by molar-refractivity contribution is 0.0934. The van der Waals surface area contributed by atoms with Crippen LogP contribution in [-0.4, -0.2) is 50.6 Å². The van der Waals surface area contributed by atoms with Gasteiger partial charge in [0.15, 0.2) is 5.82 Å². The van der Waals surface area contributed by atoms with Crippen LogP contribution >= 0.6 is 0 Å². The van der Waals surface area contributed by atoms with Gasteiger partial charge in [-0.15, -0.1) is 10.2 Å². The molecule has 2 aromatic carbocycles. The fourth-order valence-corrected chi connectivity index (χ4v) is 5.20. The number of tetrazole rings is 1. The summed E-state index contributed by atoms with van der Waals surface area (Å²) in [5.74, 6) is 0.294. The van der Waals surface area contributed by atoms with Gasteiger partial charge in [0.05, 0.1) is 5.41 Å². The highest BCUT2D eigenvalue weighted by Crippen LogP contribution is 2.46. The lowest BCUT2D eigenvalue weighted by Gasteiger charge is -2.35. The van der Waals surface area contributed by atoms with Gasteiger partial charge in [-0.05, 0) is 100 Å². The predicted octanol–water partition coefficient (Wildman–Crippen LogP) is 2.65. The molecule has 3 aromatic rings. The maximum atomic E-state index is 12.8. The zero-order chi connectivity index (χ0) is 26.0. The molecule has 0 aliphatic heterocycles. The number of H-pyrrole nitrogens is 1. The molecule has 0 bridgehead atoms. The maximum absolute atomic E-state index is 12.8. The minimum Gasteiger partial charge on any atom is -0.350 e. The molecule has 1 atom stereocenters. The van der Waals surface area contributed by atoms with E-state index >= 15 is 0 Å². The van der Waals surface area contributed by atoms with Crippen molar-refractivity contribution in [2.75, 3.05) is 0 Å². The summed E-state index contributed by atoms with van der Waals surface area (Å²) in [5, 5.41) is 21.3. The van der Waals surface area contributed by atoms with E-state index in [1.807, 2.05) is 71.0 Å². The molecule has 1 aliphatic carbocycles. The van der Waals surface area contributed by atoms with E-state index in [0.29, 0.717) is 36.2 Å². The third-order valence-electron chi connectivity index (χ3n) is 6.51. The third kappa shape index (κ3) is 4.88. The number of aryl methyl sites for hydroxylation is 2. The Hall–Kier alpha value is -3.59. The minimum atomic E-state index is -0.789. The van der Waals surface area contributed by atoms with Crippen LogP contribution in [0.5, 0.6) is 0 Å². The molecule has 190 valence electrons. The van der Waals surface area contributed by atoms with Crippen LogP contribution in [0.4, 0.5) is 0 Å². The molecule has 1 aliphatic rings. The second kappa shape index (κ2) is 10.2.